The van der Waals surface area contributed by atoms with Crippen LogP contribution in [0.4, 0.5) is 5.69 Å². The molecule has 0 saturated carbocycles. The number of nitrogens with one attached hydrogen (secondary N) is 1. The number of carbonyl (C=O) groups is 2. The van der Waals surface area contributed by atoms with Gasteiger partial charge < -0.3 is 19.1 Å². The lowest BCUT2D eigenvalue weighted by Gasteiger charge is -2.39. The van der Waals surface area contributed by atoms with Crippen molar-refractivity contribution in [1.29, 1.82) is 0 Å². The molecule has 2 atom stereocenters. The lowest BCUT2D eigenvalue weighted by Crippen LogP contribution is -2.57. The molecule has 5 rings (SSSR count). The highest BCUT2D eigenvalue weighted by atomic mass is 16.7. The van der Waals surface area contributed by atoms with Crippen molar-refractivity contribution >= 4 is 23.5 Å². The summed E-state index contributed by atoms with van der Waals surface area (Å²) in [5.74, 6) is -0.642. The number of aliphatic imine (C=N–C) groups is 1. The Balaban J connectivity index is 1.32. The number of piperazine rings is 1. The van der Waals surface area contributed by atoms with Gasteiger partial charge in [-0.2, -0.15) is 0 Å². The number of carbonyl (C=O) groups excluding carboxylic acids is 2. The highest BCUT2D eigenvalue weighted by molar-refractivity contribution is 6.08. The minimum atomic E-state index is -1.24. The van der Waals surface area contributed by atoms with E-state index in [9.17, 15) is 19.7 Å². The van der Waals surface area contributed by atoms with Gasteiger partial charge in [-0.1, -0.05) is 18.2 Å². The molecule has 1 N–H and O–H groups in total. The predicted molar refractivity (Wildman–Crippen MR) is 131 cm³/mol. The molecule has 12 nitrogen and oxygen atoms in total. The Morgan fingerprint density at radius 1 is 1.16 bits per heavy atom. The first kappa shape index (κ1) is 24.5. The van der Waals surface area contributed by atoms with Crippen molar-refractivity contribution < 1.29 is 28.7 Å². The normalized spacial score (nSPS) is 21.3. The number of non-ortho nitro benzene ring substituents is 1. The number of nitrogens with zero attached hydrogens (tertiary/aromatic N) is 4. The molecule has 0 unspecified atom stereocenters. The Kier molecular flexibility index (Phi) is 6.91. The average molecular weight is 510 g/mol. The van der Waals surface area contributed by atoms with Crippen LogP contribution in [-0.4, -0.2) is 72.1 Å². The van der Waals surface area contributed by atoms with E-state index in [1.807, 2.05) is 23.1 Å². The first-order chi connectivity index (χ1) is 17.9. The van der Waals surface area contributed by atoms with Crippen LogP contribution in [0.1, 0.15) is 24.1 Å². The number of ether oxygens (including phenoxy) is 3. The number of hydrogen-bond donors (Lipinski definition) is 1. The molecule has 0 aromatic heterocycles. The Labute approximate surface area is 212 Å². The van der Waals surface area contributed by atoms with Crippen LogP contribution in [0.2, 0.25) is 0 Å². The zero-order chi connectivity index (χ0) is 25.9. The average Bonchev–Trinajstić information content (AvgIpc) is 3.37. The Bertz CT molecular complexity index is 1240. The second-order valence-corrected chi connectivity index (χ2v) is 8.92. The van der Waals surface area contributed by atoms with E-state index in [-0.39, 0.29) is 19.1 Å². The molecule has 1 fully saturated rings. The zero-order valence-electron chi connectivity index (χ0n) is 20.3. The maximum Gasteiger partial charge on any atom is 0.321 e. The molecule has 12 heteroatoms. The van der Waals surface area contributed by atoms with E-state index in [1.54, 1.807) is 13.0 Å². The van der Waals surface area contributed by atoms with Crippen LogP contribution >= 0.6 is 0 Å². The second kappa shape index (κ2) is 10.4. The summed E-state index contributed by atoms with van der Waals surface area (Å²) in [6.07, 6.45) is 0. The molecule has 194 valence electrons. The van der Waals surface area contributed by atoms with Gasteiger partial charge in [0, 0.05) is 44.9 Å². The summed E-state index contributed by atoms with van der Waals surface area (Å²) in [6.45, 7) is 5.40. The first-order valence-corrected chi connectivity index (χ1v) is 12.1. The van der Waals surface area contributed by atoms with Gasteiger partial charge in [-0.05, 0) is 30.2 Å². The number of fused-ring (bicyclic) bond motifs is 1. The van der Waals surface area contributed by atoms with Gasteiger partial charge in [0.15, 0.2) is 17.4 Å². The van der Waals surface area contributed by atoms with Gasteiger partial charge in [0.25, 0.3) is 5.69 Å². The quantitative estimate of drug-likeness (QED) is 0.268. The summed E-state index contributed by atoms with van der Waals surface area (Å²) in [4.78, 5) is 45.5. The maximum atomic E-state index is 13.1. The highest BCUT2D eigenvalue weighted by Crippen LogP contribution is 2.34. The Hall–Kier alpha value is -4.19. The largest absolute Gasteiger partial charge is 0.465 e. The first-order valence-electron chi connectivity index (χ1n) is 12.1. The number of esters is 1. The number of nitro groups is 1. The molecule has 0 bridgehead atoms. The van der Waals surface area contributed by atoms with Crippen molar-refractivity contribution in [3.63, 3.8) is 0 Å². The van der Waals surface area contributed by atoms with E-state index in [1.165, 1.54) is 18.2 Å². The fourth-order valence-electron chi connectivity index (χ4n) is 4.70. The molecule has 2 aromatic carbocycles. The minimum Gasteiger partial charge on any atom is -0.465 e. The number of amides is 1. The maximum absolute atomic E-state index is 13.1. The SMILES string of the molecule is CCOC(=O)[C@@H]1C(=O)NC(N2CCN(Cc3ccc4c(c3)OCO4)CC2)=N[C@@H]1c1cccc([N+](=O)[O-])c1. The van der Waals surface area contributed by atoms with Crippen LogP contribution in [0, 0.1) is 16.0 Å². The van der Waals surface area contributed by atoms with E-state index in [0.717, 1.165) is 36.7 Å². The van der Waals surface area contributed by atoms with Crippen molar-refractivity contribution in [2.75, 3.05) is 39.6 Å². The molecule has 37 heavy (non-hydrogen) atoms. The van der Waals surface area contributed by atoms with Gasteiger partial charge in [-0.25, -0.2) is 4.99 Å². The molecule has 0 aliphatic carbocycles. The smallest absolute Gasteiger partial charge is 0.321 e. The summed E-state index contributed by atoms with van der Waals surface area (Å²) in [5.41, 5.74) is 1.38. The van der Waals surface area contributed by atoms with Crippen LogP contribution in [0.25, 0.3) is 0 Å². The lowest BCUT2D eigenvalue weighted by atomic mass is 9.91. The minimum absolute atomic E-state index is 0.103. The predicted octanol–water partition coefficient (Wildman–Crippen LogP) is 1.85. The monoisotopic (exact) mass is 509 g/mol. The van der Waals surface area contributed by atoms with Crippen LogP contribution in [0.3, 0.4) is 0 Å². The molecular weight excluding hydrogens is 482 g/mol. The standard InChI is InChI=1S/C25H27N5O7/c1-2-35-24(32)21-22(17-4-3-5-18(13-17)30(33)34)26-25(27-23(21)31)29-10-8-28(9-11-29)14-16-6-7-19-20(12-16)37-15-36-19/h3-7,12-13,21-22H,2,8-11,14-15H2,1H3,(H,26,27,31)/t21-,22+/m0/s1. The summed E-state index contributed by atoms with van der Waals surface area (Å²) < 4.78 is 16.0. The van der Waals surface area contributed by atoms with E-state index in [0.29, 0.717) is 24.6 Å². The summed E-state index contributed by atoms with van der Waals surface area (Å²) in [7, 11) is 0. The molecular formula is C25H27N5O7. The molecule has 0 spiro atoms. The van der Waals surface area contributed by atoms with Crippen molar-refractivity contribution in [3.8, 4) is 11.5 Å². The van der Waals surface area contributed by atoms with Gasteiger partial charge in [0.1, 0.15) is 6.04 Å². The van der Waals surface area contributed by atoms with Crippen LogP contribution in [0.15, 0.2) is 47.5 Å². The van der Waals surface area contributed by atoms with Gasteiger partial charge in [0.05, 0.1) is 11.5 Å². The molecule has 3 heterocycles. The summed E-state index contributed by atoms with van der Waals surface area (Å²) in [6, 6.07) is 10.8. The zero-order valence-corrected chi connectivity index (χ0v) is 20.3. The topological polar surface area (TPSA) is 136 Å². The van der Waals surface area contributed by atoms with E-state index in [4.69, 9.17) is 19.2 Å². The Morgan fingerprint density at radius 3 is 2.70 bits per heavy atom. The van der Waals surface area contributed by atoms with E-state index < -0.39 is 28.8 Å². The molecule has 1 saturated heterocycles. The van der Waals surface area contributed by atoms with Crippen molar-refractivity contribution in [2.45, 2.75) is 19.5 Å². The molecule has 2 aromatic rings. The number of hydrogen-bond acceptors (Lipinski definition) is 10. The van der Waals surface area contributed by atoms with E-state index >= 15 is 0 Å². The Morgan fingerprint density at radius 2 is 1.95 bits per heavy atom. The second-order valence-electron chi connectivity index (χ2n) is 8.92. The van der Waals surface area contributed by atoms with E-state index in [2.05, 4.69) is 10.2 Å². The number of benzene rings is 2. The third-order valence-corrected chi connectivity index (χ3v) is 6.57. The molecule has 3 aliphatic rings. The fourth-order valence-corrected chi connectivity index (χ4v) is 4.70. The number of nitro benzene ring substituents is 1. The van der Waals surface area contributed by atoms with Crippen LogP contribution in [-0.2, 0) is 20.9 Å². The van der Waals surface area contributed by atoms with Gasteiger partial charge in [0.2, 0.25) is 18.7 Å². The fraction of sp³-hybridized carbons (Fsp3) is 0.400. The third-order valence-electron chi connectivity index (χ3n) is 6.57. The molecule has 1 amide bonds. The van der Waals surface area contributed by atoms with Gasteiger partial charge in [-0.15, -0.1) is 0 Å². The van der Waals surface area contributed by atoms with Crippen molar-refractivity contribution in [1.82, 2.24) is 15.1 Å². The highest BCUT2D eigenvalue weighted by Gasteiger charge is 2.42. The summed E-state index contributed by atoms with van der Waals surface area (Å²) >= 11 is 0. The number of rotatable bonds is 6. The van der Waals surface area contributed by atoms with Crippen LogP contribution in [0.5, 0.6) is 11.5 Å². The summed E-state index contributed by atoms with van der Waals surface area (Å²) in [5, 5.41) is 14.1. The number of guanidine groups is 1. The third kappa shape index (κ3) is 5.19. The van der Waals surface area contributed by atoms with Crippen molar-refractivity contribution in [3.05, 3.63) is 63.7 Å². The van der Waals surface area contributed by atoms with Crippen molar-refractivity contribution in [2.24, 2.45) is 10.9 Å². The van der Waals surface area contributed by atoms with Crippen LogP contribution < -0.4 is 14.8 Å². The lowest BCUT2D eigenvalue weighted by molar-refractivity contribution is -0.384. The molecule has 3 aliphatic heterocycles. The van der Waals surface area contributed by atoms with Gasteiger partial charge in [-0.3, -0.25) is 29.9 Å². The van der Waals surface area contributed by atoms with Gasteiger partial charge >= 0.3 is 5.97 Å². The molecule has 0 radical (unpaired) electrons.